The zero-order valence-electron chi connectivity index (χ0n) is 9.96. The second-order valence-electron chi connectivity index (χ2n) is 3.96. The fourth-order valence-corrected chi connectivity index (χ4v) is 2.00. The molecule has 3 nitrogen and oxygen atoms in total. The Hall–Kier alpha value is -1.20. The van der Waals surface area contributed by atoms with Crippen LogP contribution in [0.4, 0.5) is 8.78 Å². The number of aromatic nitrogens is 2. The van der Waals surface area contributed by atoms with E-state index in [-0.39, 0.29) is 22.3 Å². The monoisotopic (exact) mass is 306 g/mol. The Kier molecular flexibility index (Phi) is 4.37. The molecule has 0 aliphatic rings. The maximum Gasteiger partial charge on any atom is 0.261 e. The molecule has 0 radical (unpaired) electrons. The first-order valence-electron chi connectivity index (χ1n) is 5.65. The van der Waals surface area contributed by atoms with Crippen LogP contribution < -0.4 is 0 Å². The first-order chi connectivity index (χ1) is 9.02. The first kappa shape index (κ1) is 14.2. The second kappa shape index (κ2) is 5.84. The van der Waals surface area contributed by atoms with Crippen LogP contribution in [0.25, 0.3) is 11.5 Å². The van der Waals surface area contributed by atoms with Crippen molar-refractivity contribution in [3.05, 3.63) is 34.6 Å². The van der Waals surface area contributed by atoms with Gasteiger partial charge < -0.3 is 4.52 Å². The molecule has 0 saturated carbocycles. The fourth-order valence-electron chi connectivity index (χ4n) is 1.54. The summed E-state index contributed by atoms with van der Waals surface area (Å²) in [6, 6.07) is 1.78. The Labute approximate surface area is 118 Å². The molecule has 0 N–H and O–H groups in total. The molecule has 0 aliphatic carbocycles. The number of halogens is 4. The molecule has 102 valence electrons. The normalized spacial score (nSPS) is 12.7. The van der Waals surface area contributed by atoms with Gasteiger partial charge >= 0.3 is 0 Å². The highest BCUT2D eigenvalue weighted by atomic mass is 35.5. The van der Waals surface area contributed by atoms with Crippen LogP contribution in [0.1, 0.15) is 31.0 Å². The van der Waals surface area contributed by atoms with Crippen molar-refractivity contribution in [1.82, 2.24) is 10.1 Å². The number of alkyl halides is 1. The molecule has 1 heterocycles. The van der Waals surface area contributed by atoms with Crippen LogP contribution in [0.5, 0.6) is 0 Å². The molecule has 0 saturated heterocycles. The molecule has 1 unspecified atom stereocenters. The van der Waals surface area contributed by atoms with E-state index in [4.69, 9.17) is 27.7 Å². The van der Waals surface area contributed by atoms with Crippen LogP contribution in [0.15, 0.2) is 16.7 Å². The minimum Gasteiger partial charge on any atom is -0.334 e. The average Bonchev–Trinajstić information content (AvgIpc) is 2.83. The Balaban J connectivity index is 2.35. The molecule has 0 fully saturated rings. The van der Waals surface area contributed by atoms with Crippen molar-refractivity contribution in [1.29, 1.82) is 0 Å². The number of hydrogen-bond acceptors (Lipinski definition) is 3. The highest BCUT2D eigenvalue weighted by Gasteiger charge is 2.19. The predicted octanol–water partition coefficient (Wildman–Crippen LogP) is 4.75. The highest BCUT2D eigenvalue weighted by molar-refractivity contribution is 6.30. The summed E-state index contributed by atoms with van der Waals surface area (Å²) in [6.45, 7) is 1.96. The van der Waals surface area contributed by atoms with Crippen molar-refractivity contribution in [2.45, 2.75) is 25.1 Å². The van der Waals surface area contributed by atoms with Crippen LogP contribution >= 0.6 is 23.2 Å². The van der Waals surface area contributed by atoms with Gasteiger partial charge in [-0.1, -0.05) is 30.1 Å². The van der Waals surface area contributed by atoms with Gasteiger partial charge in [-0.3, -0.25) is 0 Å². The van der Waals surface area contributed by atoms with E-state index in [1.54, 1.807) is 0 Å². The summed E-state index contributed by atoms with van der Waals surface area (Å²) < 4.78 is 31.9. The van der Waals surface area contributed by atoms with Crippen LogP contribution in [0.2, 0.25) is 5.02 Å². The maximum absolute atomic E-state index is 13.7. The molecule has 1 aromatic carbocycles. The van der Waals surface area contributed by atoms with Gasteiger partial charge in [0.1, 0.15) is 11.6 Å². The Morgan fingerprint density at radius 3 is 2.74 bits per heavy atom. The molecule has 2 aromatic rings. The van der Waals surface area contributed by atoms with Crippen molar-refractivity contribution >= 4 is 23.2 Å². The predicted molar refractivity (Wildman–Crippen MR) is 68.2 cm³/mol. The summed E-state index contributed by atoms with van der Waals surface area (Å²) in [6.07, 6.45) is 1.51. The van der Waals surface area contributed by atoms with E-state index in [0.29, 0.717) is 6.42 Å². The van der Waals surface area contributed by atoms with E-state index >= 15 is 0 Å². The standard InChI is InChI=1S/C12H10Cl2F2N2O/c1-2-3-7(13)11-17-12(19-18-11)6-4-10(16)8(14)5-9(6)15/h4-5,7H,2-3H2,1H3. The maximum atomic E-state index is 13.7. The van der Waals surface area contributed by atoms with Crippen LogP contribution in [0, 0.1) is 11.6 Å². The Morgan fingerprint density at radius 2 is 2.05 bits per heavy atom. The molecule has 19 heavy (non-hydrogen) atoms. The smallest absolute Gasteiger partial charge is 0.261 e. The van der Waals surface area contributed by atoms with Crippen molar-refractivity contribution in [3.63, 3.8) is 0 Å². The zero-order valence-corrected chi connectivity index (χ0v) is 11.5. The molecule has 0 spiro atoms. The molecule has 0 amide bonds. The molecule has 0 aliphatic heterocycles. The summed E-state index contributed by atoms with van der Waals surface area (Å²) in [5, 5.41) is 2.95. The number of rotatable bonds is 4. The highest BCUT2D eigenvalue weighted by Crippen LogP contribution is 2.29. The lowest BCUT2D eigenvalue weighted by atomic mass is 10.2. The van der Waals surface area contributed by atoms with Crippen LogP contribution in [0.3, 0.4) is 0 Å². The molecule has 1 atom stereocenters. The van der Waals surface area contributed by atoms with Crippen molar-refractivity contribution in [2.75, 3.05) is 0 Å². The Bertz CT molecular complexity index is 589. The molecule has 1 aromatic heterocycles. The van der Waals surface area contributed by atoms with Gasteiger partial charge in [0.25, 0.3) is 5.89 Å². The van der Waals surface area contributed by atoms with E-state index < -0.39 is 17.0 Å². The third kappa shape index (κ3) is 3.04. The van der Waals surface area contributed by atoms with E-state index in [1.165, 1.54) is 0 Å². The van der Waals surface area contributed by atoms with Gasteiger partial charge in [-0.15, -0.1) is 11.6 Å². The summed E-state index contributed by atoms with van der Waals surface area (Å²) in [4.78, 5) is 3.97. The number of nitrogens with zero attached hydrogens (tertiary/aromatic N) is 2. The van der Waals surface area contributed by atoms with Gasteiger partial charge in [-0.05, 0) is 18.6 Å². The topological polar surface area (TPSA) is 38.9 Å². The molecule has 2 rings (SSSR count). The largest absolute Gasteiger partial charge is 0.334 e. The molecule has 0 bridgehead atoms. The summed E-state index contributed by atoms with van der Waals surface area (Å²) >= 11 is 11.5. The second-order valence-corrected chi connectivity index (χ2v) is 4.89. The quantitative estimate of drug-likeness (QED) is 0.604. The average molecular weight is 307 g/mol. The van der Waals surface area contributed by atoms with E-state index in [2.05, 4.69) is 10.1 Å². The van der Waals surface area contributed by atoms with E-state index in [1.807, 2.05) is 6.92 Å². The summed E-state index contributed by atoms with van der Waals surface area (Å²) in [5.41, 5.74) is -0.138. The van der Waals surface area contributed by atoms with E-state index in [0.717, 1.165) is 18.6 Å². The van der Waals surface area contributed by atoms with E-state index in [9.17, 15) is 8.78 Å². The molecular formula is C12H10Cl2F2N2O. The van der Waals surface area contributed by atoms with Gasteiger partial charge in [0.2, 0.25) is 0 Å². The van der Waals surface area contributed by atoms with Gasteiger partial charge in [0.15, 0.2) is 5.82 Å². The third-order valence-corrected chi connectivity index (χ3v) is 3.21. The van der Waals surface area contributed by atoms with Crippen LogP contribution in [-0.4, -0.2) is 10.1 Å². The zero-order chi connectivity index (χ0) is 14.0. The number of hydrogen-bond donors (Lipinski definition) is 0. The number of benzene rings is 1. The van der Waals surface area contributed by atoms with Crippen LogP contribution in [-0.2, 0) is 0 Å². The van der Waals surface area contributed by atoms with Gasteiger partial charge in [-0.2, -0.15) is 4.98 Å². The van der Waals surface area contributed by atoms with Crippen molar-refractivity contribution < 1.29 is 13.3 Å². The Morgan fingerprint density at radius 1 is 1.32 bits per heavy atom. The minimum absolute atomic E-state index is 0.121. The lowest BCUT2D eigenvalue weighted by Crippen LogP contribution is -1.93. The summed E-state index contributed by atoms with van der Waals surface area (Å²) in [5.74, 6) is -1.35. The van der Waals surface area contributed by atoms with Gasteiger partial charge in [0, 0.05) is 0 Å². The van der Waals surface area contributed by atoms with Crippen molar-refractivity contribution in [2.24, 2.45) is 0 Å². The van der Waals surface area contributed by atoms with Gasteiger partial charge in [0.05, 0.1) is 16.0 Å². The lowest BCUT2D eigenvalue weighted by molar-refractivity contribution is 0.418. The van der Waals surface area contributed by atoms with Gasteiger partial charge in [-0.25, -0.2) is 8.78 Å². The molecule has 7 heteroatoms. The SMILES string of the molecule is CCCC(Cl)c1noc(-c2cc(F)c(Cl)cc2F)n1. The minimum atomic E-state index is -0.756. The molecular weight excluding hydrogens is 297 g/mol. The third-order valence-electron chi connectivity index (χ3n) is 2.50. The lowest BCUT2D eigenvalue weighted by Gasteiger charge is -2.00. The fraction of sp³-hybridized carbons (Fsp3) is 0.333. The summed E-state index contributed by atoms with van der Waals surface area (Å²) in [7, 11) is 0. The first-order valence-corrected chi connectivity index (χ1v) is 6.47. The van der Waals surface area contributed by atoms with Crippen molar-refractivity contribution in [3.8, 4) is 11.5 Å².